The number of H-pyrrole nitrogens is 1. The lowest BCUT2D eigenvalue weighted by molar-refractivity contribution is -0.110. The number of hydrogen-bond donors (Lipinski definition) is 3. The number of hydrogen-bond acceptors (Lipinski definition) is 3. The van der Waals surface area contributed by atoms with Gasteiger partial charge in [-0.1, -0.05) is 11.8 Å². The fourth-order valence-corrected chi connectivity index (χ4v) is 2.41. The van der Waals surface area contributed by atoms with Crippen molar-refractivity contribution in [2.24, 2.45) is 5.73 Å². The first-order chi connectivity index (χ1) is 11.3. The van der Waals surface area contributed by atoms with Crippen molar-refractivity contribution in [2.45, 2.75) is 26.3 Å². The van der Waals surface area contributed by atoms with Crippen LogP contribution in [0.25, 0.3) is 11.6 Å². The fraction of sp³-hybridized carbons (Fsp3) is 0.222. The van der Waals surface area contributed by atoms with Gasteiger partial charge in [0.2, 0.25) is 0 Å². The van der Waals surface area contributed by atoms with E-state index in [0.29, 0.717) is 22.5 Å². The highest BCUT2D eigenvalue weighted by Crippen LogP contribution is 2.36. The van der Waals surface area contributed by atoms with Crippen molar-refractivity contribution in [1.29, 1.82) is 0 Å². The minimum Gasteiger partial charge on any atom is -0.345 e. The molecule has 5 nitrogen and oxygen atoms in total. The fourth-order valence-electron chi connectivity index (χ4n) is 2.41. The number of amides is 1. The van der Waals surface area contributed by atoms with E-state index >= 15 is 0 Å². The van der Waals surface area contributed by atoms with E-state index < -0.39 is 11.4 Å². The van der Waals surface area contributed by atoms with Crippen molar-refractivity contribution in [3.8, 4) is 11.8 Å². The molecule has 0 saturated carbocycles. The zero-order chi connectivity index (χ0) is 17.5. The predicted octanol–water partition coefficient (Wildman–Crippen LogP) is 2.44. The van der Waals surface area contributed by atoms with Gasteiger partial charge in [-0.2, -0.15) is 0 Å². The van der Waals surface area contributed by atoms with Crippen molar-refractivity contribution in [3.63, 3.8) is 0 Å². The van der Waals surface area contributed by atoms with Crippen LogP contribution in [0.3, 0.4) is 0 Å². The maximum Gasteiger partial charge on any atom is 0.256 e. The highest BCUT2D eigenvalue weighted by molar-refractivity contribution is 6.35. The van der Waals surface area contributed by atoms with Gasteiger partial charge < -0.3 is 16.0 Å². The summed E-state index contributed by atoms with van der Waals surface area (Å²) in [5, 5.41) is 2.74. The number of carbonyl (C=O) groups is 1. The Balaban J connectivity index is 2.21. The van der Waals surface area contributed by atoms with Crippen LogP contribution in [0, 0.1) is 24.6 Å². The number of nitrogens with one attached hydrogen (secondary N) is 2. The summed E-state index contributed by atoms with van der Waals surface area (Å²) >= 11 is 0. The van der Waals surface area contributed by atoms with Crippen LogP contribution in [-0.2, 0) is 4.79 Å². The summed E-state index contributed by atoms with van der Waals surface area (Å²) in [6, 6.07) is 2.82. The van der Waals surface area contributed by atoms with Gasteiger partial charge in [-0.15, -0.1) is 0 Å². The molecule has 1 amide bonds. The van der Waals surface area contributed by atoms with Crippen LogP contribution >= 0.6 is 0 Å². The average Bonchev–Trinajstić information content (AvgIpc) is 3.02. The molecule has 1 aliphatic rings. The molecule has 4 N–H and O–H groups in total. The Kier molecular flexibility index (Phi) is 3.74. The molecule has 0 aliphatic carbocycles. The Hall–Kier alpha value is -2.91. The van der Waals surface area contributed by atoms with Crippen LogP contribution in [-0.4, -0.2) is 21.4 Å². The summed E-state index contributed by atoms with van der Waals surface area (Å²) in [4.78, 5) is 19.4. The van der Waals surface area contributed by atoms with E-state index in [2.05, 4.69) is 27.1 Å². The van der Waals surface area contributed by atoms with Crippen molar-refractivity contribution in [2.75, 3.05) is 5.32 Å². The monoisotopic (exact) mass is 324 g/mol. The summed E-state index contributed by atoms with van der Waals surface area (Å²) in [5.41, 5.74) is 8.02. The van der Waals surface area contributed by atoms with Crippen LogP contribution < -0.4 is 11.1 Å². The minimum absolute atomic E-state index is 0.160. The van der Waals surface area contributed by atoms with Gasteiger partial charge in [0, 0.05) is 5.56 Å². The zero-order valence-electron chi connectivity index (χ0n) is 13.6. The maximum absolute atomic E-state index is 14.3. The Morgan fingerprint density at radius 1 is 1.38 bits per heavy atom. The lowest BCUT2D eigenvalue weighted by Gasteiger charge is -2.09. The number of carbonyl (C=O) groups excluding carboxylic acids is 1. The number of halogens is 1. The smallest absolute Gasteiger partial charge is 0.256 e. The molecular formula is C18H17FN4O. The Bertz CT molecular complexity index is 923. The van der Waals surface area contributed by atoms with Crippen LogP contribution in [0.2, 0.25) is 0 Å². The van der Waals surface area contributed by atoms with E-state index in [1.54, 1.807) is 26.3 Å². The number of aromatic amines is 1. The number of nitrogens with zero attached hydrogens (tertiary/aromatic N) is 1. The highest BCUT2D eigenvalue weighted by atomic mass is 19.1. The second-order valence-electron chi connectivity index (χ2n) is 6.23. The van der Waals surface area contributed by atoms with Gasteiger partial charge in [0.15, 0.2) is 0 Å². The molecule has 0 spiro atoms. The molecular weight excluding hydrogens is 307 g/mol. The number of aryl methyl sites for hydroxylation is 1. The molecule has 1 aromatic heterocycles. The Morgan fingerprint density at radius 3 is 2.75 bits per heavy atom. The number of imidazole rings is 1. The van der Waals surface area contributed by atoms with E-state index in [1.807, 2.05) is 6.92 Å². The molecule has 24 heavy (non-hydrogen) atoms. The van der Waals surface area contributed by atoms with Gasteiger partial charge in [0.05, 0.1) is 40.1 Å². The van der Waals surface area contributed by atoms with E-state index in [-0.39, 0.29) is 11.5 Å². The van der Waals surface area contributed by atoms with Crippen molar-refractivity contribution >= 4 is 23.2 Å². The van der Waals surface area contributed by atoms with E-state index in [0.717, 1.165) is 5.69 Å². The van der Waals surface area contributed by atoms with Crippen LogP contribution in [0.1, 0.15) is 36.4 Å². The SMILES string of the molecule is Cc1nc[nH]c1/C=C1\C(=O)Nc2ccc(F)c(C#CC(C)(C)N)c21. The largest absolute Gasteiger partial charge is 0.345 e. The number of benzene rings is 1. The van der Waals surface area contributed by atoms with E-state index in [4.69, 9.17) is 5.73 Å². The molecule has 2 heterocycles. The minimum atomic E-state index is -0.769. The van der Waals surface area contributed by atoms with Gasteiger partial charge in [0.1, 0.15) is 5.82 Å². The molecule has 0 bridgehead atoms. The highest BCUT2D eigenvalue weighted by Gasteiger charge is 2.28. The maximum atomic E-state index is 14.3. The normalized spacial score (nSPS) is 15.0. The first kappa shape index (κ1) is 16.0. The first-order valence-corrected chi connectivity index (χ1v) is 7.44. The van der Waals surface area contributed by atoms with Crippen molar-refractivity contribution in [1.82, 2.24) is 9.97 Å². The first-order valence-electron chi connectivity index (χ1n) is 7.44. The molecule has 3 rings (SSSR count). The van der Waals surface area contributed by atoms with E-state index in [9.17, 15) is 9.18 Å². The topological polar surface area (TPSA) is 83.8 Å². The van der Waals surface area contributed by atoms with Crippen LogP contribution in [0.5, 0.6) is 0 Å². The molecule has 1 aromatic carbocycles. The zero-order valence-corrected chi connectivity index (χ0v) is 13.6. The second kappa shape index (κ2) is 5.62. The molecule has 122 valence electrons. The van der Waals surface area contributed by atoms with Crippen molar-refractivity contribution < 1.29 is 9.18 Å². The molecule has 0 radical (unpaired) electrons. The second-order valence-corrected chi connectivity index (χ2v) is 6.23. The Morgan fingerprint density at radius 2 is 2.12 bits per heavy atom. The molecule has 6 heteroatoms. The third-order valence-corrected chi connectivity index (χ3v) is 3.58. The van der Waals surface area contributed by atoms with Gasteiger partial charge in [0.25, 0.3) is 5.91 Å². The quantitative estimate of drug-likeness (QED) is 0.556. The molecule has 0 fully saturated rings. The van der Waals surface area contributed by atoms with Gasteiger partial charge >= 0.3 is 0 Å². The van der Waals surface area contributed by atoms with Crippen LogP contribution in [0.4, 0.5) is 10.1 Å². The lowest BCUT2D eigenvalue weighted by Crippen LogP contribution is -2.29. The van der Waals surface area contributed by atoms with Gasteiger partial charge in [-0.25, -0.2) is 9.37 Å². The number of fused-ring (bicyclic) bond motifs is 1. The summed E-state index contributed by atoms with van der Waals surface area (Å²) in [6.45, 7) is 5.28. The predicted molar refractivity (Wildman–Crippen MR) is 91.4 cm³/mol. The number of anilines is 1. The van der Waals surface area contributed by atoms with Crippen LogP contribution in [0.15, 0.2) is 18.5 Å². The van der Waals surface area contributed by atoms with Gasteiger partial charge in [-0.05, 0) is 39.0 Å². The third-order valence-electron chi connectivity index (χ3n) is 3.58. The summed E-state index contributed by atoms with van der Waals surface area (Å²) < 4.78 is 14.3. The summed E-state index contributed by atoms with van der Waals surface area (Å²) in [7, 11) is 0. The third kappa shape index (κ3) is 2.94. The molecule has 1 aliphatic heterocycles. The summed E-state index contributed by atoms with van der Waals surface area (Å²) in [6.07, 6.45) is 3.19. The molecule has 2 aromatic rings. The standard InChI is InChI=1S/C18H17FN4O/c1-10-15(22-9-21-10)8-12-16-11(6-7-18(2,3)20)13(19)4-5-14(16)23-17(12)24/h4-5,8-9H,20H2,1-3H3,(H,21,22)(H,23,24)/b12-8-. The van der Waals surface area contributed by atoms with Gasteiger partial charge in [-0.3, -0.25) is 4.79 Å². The summed E-state index contributed by atoms with van der Waals surface area (Å²) in [5.74, 6) is 4.81. The van der Waals surface area contributed by atoms with Crippen molar-refractivity contribution in [3.05, 3.63) is 46.8 Å². The number of aromatic nitrogens is 2. The number of rotatable bonds is 1. The van der Waals surface area contributed by atoms with E-state index in [1.165, 1.54) is 12.1 Å². The molecule has 0 unspecified atom stereocenters. The Labute approximate surface area is 139 Å². The molecule has 0 atom stereocenters. The number of nitrogens with two attached hydrogens (primary N) is 1. The molecule has 0 saturated heterocycles. The average molecular weight is 324 g/mol. The lowest BCUT2D eigenvalue weighted by atomic mass is 9.98.